The van der Waals surface area contributed by atoms with E-state index in [4.69, 9.17) is 5.73 Å². The second kappa shape index (κ2) is 9.85. The van der Waals surface area contributed by atoms with Crippen molar-refractivity contribution in [2.24, 2.45) is 0 Å². The Bertz CT molecular complexity index is 822. The molecule has 1 unspecified atom stereocenters. The van der Waals surface area contributed by atoms with Crippen molar-refractivity contribution in [1.29, 1.82) is 0 Å². The van der Waals surface area contributed by atoms with Crippen LogP contribution in [-0.2, 0) is 0 Å². The lowest BCUT2D eigenvalue weighted by Crippen LogP contribution is -2.10. The molecule has 6 nitrogen and oxygen atoms in total. The van der Waals surface area contributed by atoms with Gasteiger partial charge in [0.1, 0.15) is 17.2 Å². The molecule has 1 atom stereocenters. The van der Waals surface area contributed by atoms with E-state index in [-0.39, 0.29) is 6.04 Å². The summed E-state index contributed by atoms with van der Waals surface area (Å²) in [5.41, 5.74) is 9.64. The van der Waals surface area contributed by atoms with Crippen LogP contribution in [0.2, 0.25) is 0 Å². The molecular weight excluding hydrogens is 324 g/mol. The van der Waals surface area contributed by atoms with E-state index in [0.717, 1.165) is 28.2 Å². The molecule has 3 aromatic heterocycles. The molecule has 0 saturated heterocycles. The first-order chi connectivity index (χ1) is 12.5. The molecule has 26 heavy (non-hydrogen) atoms. The zero-order chi connectivity index (χ0) is 19.9. The van der Waals surface area contributed by atoms with E-state index >= 15 is 0 Å². The van der Waals surface area contributed by atoms with Crippen molar-refractivity contribution >= 4 is 17.0 Å². The van der Waals surface area contributed by atoms with Gasteiger partial charge >= 0.3 is 0 Å². The van der Waals surface area contributed by atoms with Crippen LogP contribution in [0.1, 0.15) is 77.5 Å². The fourth-order valence-corrected chi connectivity index (χ4v) is 2.67. The van der Waals surface area contributed by atoms with Gasteiger partial charge in [-0.15, -0.1) is 0 Å². The van der Waals surface area contributed by atoms with E-state index in [2.05, 4.69) is 40.7 Å². The molecule has 0 amide bonds. The summed E-state index contributed by atoms with van der Waals surface area (Å²) in [5.74, 6) is 1.59. The van der Waals surface area contributed by atoms with Crippen molar-refractivity contribution in [3.8, 4) is 0 Å². The minimum atomic E-state index is 0.00742. The lowest BCUT2D eigenvalue weighted by atomic mass is 10.1. The molecule has 3 heterocycles. The molecule has 0 saturated carbocycles. The number of imidazole rings is 1. The minimum absolute atomic E-state index is 0.00742. The molecule has 0 bridgehead atoms. The summed E-state index contributed by atoms with van der Waals surface area (Å²) in [6, 6.07) is 3.88. The Hall–Kier alpha value is -2.50. The molecule has 0 radical (unpaired) electrons. The molecule has 0 aromatic carbocycles. The zero-order valence-electron chi connectivity index (χ0n) is 17.3. The highest BCUT2D eigenvalue weighted by Crippen LogP contribution is 2.27. The van der Waals surface area contributed by atoms with Gasteiger partial charge in [0.05, 0.1) is 18.1 Å². The molecule has 6 heteroatoms. The van der Waals surface area contributed by atoms with Crippen LogP contribution >= 0.6 is 0 Å². The first-order valence-electron chi connectivity index (χ1n) is 9.40. The van der Waals surface area contributed by atoms with E-state index in [1.807, 2.05) is 57.6 Å². The van der Waals surface area contributed by atoms with E-state index in [1.165, 1.54) is 0 Å². The first-order valence-corrected chi connectivity index (χ1v) is 9.40. The molecule has 0 aliphatic rings. The van der Waals surface area contributed by atoms with Gasteiger partial charge in [0.2, 0.25) is 0 Å². The van der Waals surface area contributed by atoms with Gasteiger partial charge in [0, 0.05) is 11.8 Å². The Labute approximate surface area is 156 Å². The van der Waals surface area contributed by atoms with Gasteiger partial charge in [-0.25, -0.2) is 19.9 Å². The summed E-state index contributed by atoms with van der Waals surface area (Å²) in [6.45, 7) is 16.2. The number of anilines is 1. The third-order valence-corrected chi connectivity index (χ3v) is 3.85. The van der Waals surface area contributed by atoms with Crippen molar-refractivity contribution < 1.29 is 0 Å². The Kier molecular flexibility index (Phi) is 8.16. The normalized spacial score (nSPS) is 11.4. The van der Waals surface area contributed by atoms with Crippen LogP contribution in [0.25, 0.3) is 11.2 Å². The average Bonchev–Trinajstić information content (AvgIpc) is 3.07. The number of nitrogens with zero attached hydrogens (tertiary/aromatic N) is 5. The number of hydrogen-bond acceptors (Lipinski definition) is 5. The van der Waals surface area contributed by atoms with Crippen molar-refractivity contribution in [1.82, 2.24) is 24.5 Å². The standard InChI is InChI=1S/C16H20N6.2C2H6/c1-9(2)13-14-16(21-11(4)20-13)22(8-19-14)10(3)12-6-5-7-18-15(12)17;2*1-2/h5-10H,1-4H3,(H2,17,18);2*1-2H3. The van der Waals surface area contributed by atoms with Gasteiger partial charge in [-0.3, -0.25) is 0 Å². The van der Waals surface area contributed by atoms with E-state index in [9.17, 15) is 0 Å². The highest BCUT2D eigenvalue weighted by molar-refractivity contribution is 5.74. The van der Waals surface area contributed by atoms with Gasteiger partial charge in [-0.2, -0.15) is 0 Å². The molecule has 3 aromatic rings. The topological polar surface area (TPSA) is 82.5 Å². The van der Waals surface area contributed by atoms with Gasteiger partial charge in [0.25, 0.3) is 0 Å². The highest BCUT2D eigenvalue weighted by atomic mass is 15.1. The lowest BCUT2D eigenvalue weighted by molar-refractivity contribution is 0.650. The minimum Gasteiger partial charge on any atom is -0.383 e. The van der Waals surface area contributed by atoms with Gasteiger partial charge in [-0.1, -0.05) is 47.6 Å². The Morgan fingerprint density at radius 1 is 1.00 bits per heavy atom. The number of aryl methyl sites for hydroxylation is 1. The van der Waals surface area contributed by atoms with Gasteiger partial charge < -0.3 is 10.3 Å². The van der Waals surface area contributed by atoms with Crippen LogP contribution < -0.4 is 5.73 Å². The summed E-state index contributed by atoms with van der Waals surface area (Å²) in [7, 11) is 0. The lowest BCUT2D eigenvalue weighted by Gasteiger charge is -2.16. The van der Waals surface area contributed by atoms with E-state index < -0.39 is 0 Å². The molecule has 3 rings (SSSR count). The SMILES string of the molecule is CC.CC.Cc1nc(C(C)C)c2ncn(C(C)c3cccnc3N)c2n1. The van der Waals surface area contributed by atoms with Crippen molar-refractivity contribution in [3.05, 3.63) is 41.7 Å². The summed E-state index contributed by atoms with van der Waals surface area (Å²) in [6.07, 6.45) is 3.50. The second-order valence-corrected chi connectivity index (χ2v) is 5.79. The van der Waals surface area contributed by atoms with Gasteiger partial charge in [0.15, 0.2) is 5.65 Å². The first kappa shape index (κ1) is 21.5. The Morgan fingerprint density at radius 3 is 2.23 bits per heavy atom. The molecule has 0 fully saturated rings. The maximum atomic E-state index is 6.00. The highest BCUT2D eigenvalue weighted by Gasteiger charge is 2.19. The maximum Gasteiger partial charge on any atom is 0.164 e. The number of aromatic nitrogens is 5. The number of nitrogens with two attached hydrogens (primary N) is 1. The van der Waals surface area contributed by atoms with Crippen LogP contribution in [0.5, 0.6) is 0 Å². The smallest absolute Gasteiger partial charge is 0.164 e. The van der Waals surface area contributed by atoms with Gasteiger partial charge in [-0.05, 0) is 25.8 Å². The molecule has 0 aliphatic heterocycles. The largest absolute Gasteiger partial charge is 0.383 e. The summed E-state index contributed by atoms with van der Waals surface area (Å²) in [5, 5.41) is 0. The monoisotopic (exact) mass is 356 g/mol. The van der Waals surface area contributed by atoms with Crippen LogP contribution in [0.3, 0.4) is 0 Å². The maximum absolute atomic E-state index is 6.00. The van der Waals surface area contributed by atoms with Crippen molar-refractivity contribution in [3.63, 3.8) is 0 Å². The van der Waals surface area contributed by atoms with E-state index in [1.54, 1.807) is 6.20 Å². The number of fused-ring (bicyclic) bond motifs is 1. The molecule has 0 spiro atoms. The average molecular weight is 357 g/mol. The number of rotatable bonds is 3. The Morgan fingerprint density at radius 2 is 1.65 bits per heavy atom. The predicted molar refractivity (Wildman–Crippen MR) is 109 cm³/mol. The third kappa shape index (κ3) is 4.36. The molecular formula is C20H32N6. The number of nitrogen functional groups attached to an aromatic ring is 1. The number of hydrogen-bond donors (Lipinski definition) is 1. The summed E-state index contributed by atoms with van der Waals surface area (Å²) < 4.78 is 2.03. The van der Waals surface area contributed by atoms with Crippen molar-refractivity contribution in [2.45, 2.75) is 67.3 Å². The van der Waals surface area contributed by atoms with Crippen LogP contribution in [0.15, 0.2) is 24.7 Å². The van der Waals surface area contributed by atoms with Crippen LogP contribution in [0, 0.1) is 6.92 Å². The Balaban J connectivity index is 0.000000791. The predicted octanol–water partition coefficient (Wildman–Crippen LogP) is 4.90. The fourth-order valence-electron chi connectivity index (χ4n) is 2.67. The van der Waals surface area contributed by atoms with E-state index in [0.29, 0.717) is 11.7 Å². The fraction of sp³-hybridized carbons (Fsp3) is 0.500. The molecule has 142 valence electrons. The van der Waals surface area contributed by atoms with Crippen LogP contribution in [-0.4, -0.2) is 24.5 Å². The molecule has 0 aliphatic carbocycles. The quantitative estimate of drug-likeness (QED) is 0.722. The summed E-state index contributed by atoms with van der Waals surface area (Å²) in [4.78, 5) is 17.8. The summed E-state index contributed by atoms with van der Waals surface area (Å²) >= 11 is 0. The third-order valence-electron chi connectivity index (χ3n) is 3.85. The van der Waals surface area contributed by atoms with Crippen molar-refractivity contribution in [2.75, 3.05) is 5.73 Å². The number of pyridine rings is 1. The zero-order valence-corrected chi connectivity index (χ0v) is 17.3. The van der Waals surface area contributed by atoms with Crippen LogP contribution in [0.4, 0.5) is 5.82 Å². The molecule has 2 N–H and O–H groups in total. The second-order valence-electron chi connectivity index (χ2n) is 5.79.